The van der Waals surface area contributed by atoms with E-state index in [-0.39, 0.29) is 35.4 Å². The first-order chi connectivity index (χ1) is 22.1. The summed E-state index contributed by atoms with van der Waals surface area (Å²) in [4.78, 5) is 30.0. The lowest BCUT2D eigenvalue weighted by molar-refractivity contribution is -0.140. The van der Waals surface area contributed by atoms with Crippen LogP contribution in [0.4, 0.5) is 5.69 Å². The Morgan fingerprint density at radius 2 is 1.48 bits per heavy atom. The van der Waals surface area contributed by atoms with Crippen LogP contribution >= 0.6 is 15.9 Å². The molecule has 0 saturated heterocycles. The lowest BCUT2D eigenvalue weighted by Crippen LogP contribution is -2.53. The van der Waals surface area contributed by atoms with Crippen molar-refractivity contribution in [2.75, 3.05) is 24.0 Å². The number of rotatable bonds is 15. The standard InChI is InChI=1S/C36H40BrN3O5S/c1-4-45-34-21-12-11-20-32(34)40(46(43,44)31-18-9-6-10-19-31)26-35(41)39(25-29-16-13-17-30(37)22-29)33(36(42)38-24-27(2)3)23-28-14-7-5-8-15-28/h5-22,27,33H,4,23-26H2,1-3H3,(H,38,42). The smallest absolute Gasteiger partial charge is 0.264 e. The van der Waals surface area contributed by atoms with Crippen LogP contribution in [0.15, 0.2) is 119 Å². The molecule has 10 heteroatoms. The molecule has 0 aliphatic rings. The van der Waals surface area contributed by atoms with Crippen molar-refractivity contribution in [1.82, 2.24) is 10.2 Å². The average Bonchev–Trinajstić information content (AvgIpc) is 3.05. The summed E-state index contributed by atoms with van der Waals surface area (Å²) in [5.74, 6) is -0.331. The summed E-state index contributed by atoms with van der Waals surface area (Å²) >= 11 is 3.51. The van der Waals surface area contributed by atoms with E-state index in [1.54, 1.807) is 42.5 Å². The van der Waals surface area contributed by atoms with Crippen LogP contribution in [0.25, 0.3) is 0 Å². The van der Waals surface area contributed by atoms with Crippen molar-refractivity contribution in [2.45, 2.75) is 44.7 Å². The topological polar surface area (TPSA) is 96.0 Å². The fourth-order valence-corrected chi connectivity index (χ4v) is 6.87. The Labute approximate surface area is 280 Å². The molecule has 4 aromatic carbocycles. The minimum absolute atomic E-state index is 0.0307. The highest BCUT2D eigenvalue weighted by Gasteiger charge is 2.35. The molecule has 2 amide bonds. The van der Waals surface area contributed by atoms with Gasteiger partial charge < -0.3 is 15.0 Å². The van der Waals surface area contributed by atoms with Crippen LogP contribution in [0.3, 0.4) is 0 Å². The second-order valence-electron chi connectivity index (χ2n) is 11.2. The number of carbonyl (C=O) groups is 2. The summed E-state index contributed by atoms with van der Waals surface area (Å²) in [5.41, 5.74) is 1.88. The Kier molecular flexibility index (Phi) is 12.4. The largest absolute Gasteiger partial charge is 0.492 e. The second kappa shape index (κ2) is 16.4. The van der Waals surface area contributed by atoms with Gasteiger partial charge in [-0.25, -0.2) is 8.42 Å². The Hall–Kier alpha value is -4.15. The third kappa shape index (κ3) is 9.20. The van der Waals surface area contributed by atoms with Crippen molar-refractivity contribution in [2.24, 2.45) is 5.92 Å². The van der Waals surface area contributed by atoms with Crippen molar-refractivity contribution < 1.29 is 22.7 Å². The van der Waals surface area contributed by atoms with Gasteiger partial charge in [-0.2, -0.15) is 0 Å². The maximum Gasteiger partial charge on any atom is 0.264 e. The summed E-state index contributed by atoms with van der Waals surface area (Å²) in [5, 5.41) is 3.01. The number of hydrogen-bond donors (Lipinski definition) is 1. The predicted octanol–water partition coefficient (Wildman–Crippen LogP) is 6.46. The molecule has 46 heavy (non-hydrogen) atoms. The molecule has 0 aliphatic carbocycles. The second-order valence-corrected chi connectivity index (χ2v) is 14.0. The van der Waals surface area contributed by atoms with Crippen molar-refractivity contribution in [3.63, 3.8) is 0 Å². The van der Waals surface area contributed by atoms with Gasteiger partial charge in [0.2, 0.25) is 11.8 Å². The highest BCUT2D eigenvalue weighted by molar-refractivity contribution is 9.10. The first-order valence-corrected chi connectivity index (χ1v) is 17.5. The number of para-hydroxylation sites is 2. The molecule has 4 rings (SSSR count). The van der Waals surface area contributed by atoms with E-state index in [1.807, 2.05) is 75.4 Å². The number of nitrogens with one attached hydrogen (secondary N) is 1. The predicted molar refractivity (Wildman–Crippen MR) is 185 cm³/mol. The van der Waals surface area contributed by atoms with Gasteiger partial charge in [0.1, 0.15) is 18.3 Å². The first-order valence-electron chi connectivity index (χ1n) is 15.2. The summed E-state index contributed by atoms with van der Waals surface area (Å²) in [6.07, 6.45) is 0.242. The molecule has 0 heterocycles. The molecule has 0 spiro atoms. The highest BCUT2D eigenvalue weighted by atomic mass is 79.9. The molecule has 0 aliphatic heterocycles. The molecule has 0 radical (unpaired) electrons. The van der Waals surface area contributed by atoms with E-state index in [4.69, 9.17) is 4.74 Å². The minimum atomic E-state index is -4.23. The van der Waals surface area contributed by atoms with Crippen LogP contribution in [0.1, 0.15) is 31.9 Å². The van der Waals surface area contributed by atoms with Crippen LogP contribution in [0.2, 0.25) is 0 Å². The van der Waals surface area contributed by atoms with Crippen molar-refractivity contribution in [3.8, 4) is 5.75 Å². The van der Waals surface area contributed by atoms with E-state index in [2.05, 4.69) is 21.2 Å². The summed E-state index contributed by atoms with van der Waals surface area (Å²) in [7, 11) is -4.23. The molecular weight excluding hydrogens is 666 g/mol. The Morgan fingerprint density at radius 1 is 0.848 bits per heavy atom. The maximum atomic E-state index is 14.6. The summed E-state index contributed by atoms with van der Waals surface area (Å²) < 4.78 is 36.2. The van der Waals surface area contributed by atoms with Gasteiger partial charge in [-0.1, -0.05) is 103 Å². The number of anilines is 1. The highest BCUT2D eigenvalue weighted by Crippen LogP contribution is 2.33. The van der Waals surface area contributed by atoms with Crippen LogP contribution < -0.4 is 14.4 Å². The van der Waals surface area contributed by atoms with Crippen molar-refractivity contribution in [3.05, 3.63) is 125 Å². The van der Waals surface area contributed by atoms with Gasteiger partial charge in [-0.05, 0) is 60.4 Å². The molecule has 8 nitrogen and oxygen atoms in total. The number of sulfonamides is 1. The van der Waals surface area contributed by atoms with E-state index in [1.165, 1.54) is 17.0 Å². The molecule has 0 fully saturated rings. The normalized spacial score (nSPS) is 11.9. The van der Waals surface area contributed by atoms with Gasteiger partial charge >= 0.3 is 0 Å². The number of carbonyl (C=O) groups excluding carboxylic acids is 2. The van der Waals surface area contributed by atoms with Gasteiger partial charge in [-0.3, -0.25) is 13.9 Å². The van der Waals surface area contributed by atoms with Gasteiger partial charge in [-0.15, -0.1) is 0 Å². The molecule has 1 atom stereocenters. The summed E-state index contributed by atoms with van der Waals surface area (Å²) in [6, 6.07) is 30.8. The minimum Gasteiger partial charge on any atom is -0.492 e. The quantitative estimate of drug-likeness (QED) is 0.153. The van der Waals surface area contributed by atoms with Gasteiger partial charge in [0.15, 0.2) is 0 Å². The van der Waals surface area contributed by atoms with Crippen molar-refractivity contribution >= 4 is 43.5 Å². The Bertz CT molecular complexity index is 1700. The third-order valence-electron chi connectivity index (χ3n) is 7.24. The van der Waals surface area contributed by atoms with Gasteiger partial charge in [0.25, 0.3) is 10.0 Å². The van der Waals surface area contributed by atoms with Gasteiger partial charge in [0, 0.05) is 24.0 Å². The fraction of sp³-hybridized carbons (Fsp3) is 0.278. The van der Waals surface area contributed by atoms with Crippen LogP contribution in [-0.4, -0.2) is 50.9 Å². The zero-order chi connectivity index (χ0) is 33.1. The van der Waals surface area contributed by atoms with E-state index in [9.17, 15) is 18.0 Å². The number of ether oxygens (including phenoxy) is 1. The molecule has 0 aromatic heterocycles. The lowest BCUT2D eigenvalue weighted by atomic mass is 10.0. The molecule has 0 saturated carbocycles. The third-order valence-corrected chi connectivity index (χ3v) is 9.51. The summed E-state index contributed by atoms with van der Waals surface area (Å²) in [6.45, 7) is 6.06. The number of nitrogens with zero attached hydrogens (tertiary/aromatic N) is 2. The fourth-order valence-electron chi connectivity index (χ4n) is 4.98. The van der Waals surface area contributed by atoms with Crippen LogP contribution in [0, 0.1) is 5.92 Å². The SMILES string of the molecule is CCOc1ccccc1N(CC(=O)N(Cc1cccc(Br)c1)C(Cc1ccccc1)C(=O)NCC(C)C)S(=O)(=O)c1ccccc1. The lowest BCUT2D eigenvalue weighted by Gasteiger charge is -2.34. The van der Waals surface area contributed by atoms with E-state index in [0.29, 0.717) is 18.9 Å². The molecule has 1 unspecified atom stereocenters. The molecule has 4 aromatic rings. The average molecular weight is 707 g/mol. The number of halogens is 1. The number of amides is 2. The zero-order valence-electron chi connectivity index (χ0n) is 26.3. The number of benzene rings is 4. The molecule has 0 bridgehead atoms. The molecule has 1 N–H and O–H groups in total. The first kappa shape index (κ1) is 34.7. The number of hydrogen-bond acceptors (Lipinski definition) is 5. The van der Waals surface area contributed by atoms with E-state index >= 15 is 0 Å². The van der Waals surface area contributed by atoms with E-state index in [0.717, 1.165) is 19.9 Å². The monoisotopic (exact) mass is 705 g/mol. The Morgan fingerprint density at radius 3 is 2.13 bits per heavy atom. The van der Waals surface area contributed by atoms with E-state index < -0.39 is 28.5 Å². The van der Waals surface area contributed by atoms with Crippen LogP contribution in [0.5, 0.6) is 5.75 Å². The molecule has 242 valence electrons. The van der Waals surface area contributed by atoms with Gasteiger partial charge in [0.05, 0.1) is 17.2 Å². The zero-order valence-corrected chi connectivity index (χ0v) is 28.7. The maximum absolute atomic E-state index is 14.6. The van der Waals surface area contributed by atoms with Crippen LogP contribution in [-0.2, 0) is 32.6 Å². The molecular formula is C36H40BrN3O5S. The Balaban J connectivity index is 1.83. The van der Waals surface area contributed by atoms with Crippen molar-refractivity contribution in [1.29, 1.82) is 0 Å².